The predicted molar refractivity (Wildman–Crippen MR) is 68.7 cm³/mol. The van der Waals surface area contributed by atoms with E-state index >= 15 is 0 Å². The standard InChI is InChI=1S/C12H22N2OS/c1-9-10(6-4-8-16-9)14-11-5-2-3-7-13-12(11)15/h9-11,14H,2-8H2,1H3,(H,13,15). The average Bonchev–Trinajstić information content (AvgIpc) is 2.48. The van der Waals surface area contributed by atoms with Crippen molar-refractivity contribution in [2.45, 2.75) is 56.4 Å². The van der Waals surface area contributed by atoms with Gasteiger partial charge in [-0.2, -0.15) is 11.8 Å². The lowest BCUT2D eigenvalue weighted by atomic mass is 10.0. The maximum atomic E-state index is 11.8. The van der Waals surface area contributed by atoms with Crippen molar-refractivity contribution in [3.8, 4) is 0 Å². The Morgan fingerprint density at radius 2 is 2.19 bits per heavy atom. The zero-order valence-electron chi connectivity index (χ0n) is 10.00. The van der Waals surface area contributed by atoms with Crippen LogP contribution >= 0.6 is 11.8 Å². The first-order chi connectivity index (χ1) is 7.77. The van der Waals surface area contributed by atoms with Crippen molar-refractivity contribution >= 4 is 17.7 Å². The topological polar surface area (TPSA) is 41.1 Å². The molecule has 0 aromatic heterocycles. The van der Waals surface area contributed by atoms with Crippen molar-refractivity contribution in [3.63, 3.8) is 0 Å². The minimum atomic E-state index is 0.0497. The van der Waals surface area contributed by atoms with Gasteiger partial charge in [0.25, 0.3) is 0 Å². The molecule has 16 heavy (non-hydrogen) atoms. The lowest BCUT2D eigenvalue weighted by Crippen LogP contribution is -2.51. The van der Waals surface area contributed by atoms with Gasteiger partial charge in [0.1, 0.15) is 0 Å². The van der Waals surface area contributed by atoms with Gasteiger partial charge in [0.2, 0.25) is 5.91 Å². The first-order valence-corrected chi connectivity index (χ1v) is 7.47. The molecule has 3 nitrogen and oxygen atoms in total. The van der Waals surface area contributed by atoms with Crippen molar-refractivity contribution in [1.29, 1.82) is 0 Å². The van der Waals surface area contributed by atoms with E-state index in [2.05, 4.69) is 17.6 Å². The highest BCUT2D eigenvalue weighted by Crippen LogP contribution is 2.25. The molecule has 3 unspecified atom stereocenters. The molecule has 2 rings (SSSR count). The van der Waals surface area contributed by atoms with Gasteiger partial charge in [-0.05, 0) is 37.9 Å². The van der Waals surface area contributed by atoms with Gasteiger partial charge in [0, 0.05) is 17.8 Å². The van der Waals surface area contributed by atoms with Crippen LogP contribution in [0.25, 0.3) is 0 Å². The summed E-state index contributed by atoms with van der Waals surface area (Å²) in [6.07, 6.45) is 5.78. The van der Waals surface area contributed by atoms with Crippen LogP contribution in [0.3, 0.4) is 0 Å². The van der Waals surface area contributed by atoms with Crippen LogP contribution in [-0.4, -0.2) is 35.5 Å². The third-order valence-corrected chi connectivity index (χ3v) is 4.94. The van der Waals surface area contributed by atoms with Gasteiger partial charge in [0.05, 0.1) is 6.04 Å². The van der Waals surface area contributed by atoms with E-state index in [9.17, 15) is 4.79 Å². The van der Waals surface area contributed by atoms with Crippen LogP contribution in [0.4, 0.5) is 0 Å². The molecular weight excluding hydrogens is 220 g/mol. The van der Waals surface area contributed by atoms with Crippen LogP contribution in [0.1, 0.15) is 39.0 Å². The fraction of sp³-hybridized carbons (Fsp3) is 0.917. The summed E-state index contributed by atoms with van der Waals surface area (Å²) in [6.45, 7) is 3.13. The molecule has 0 aliphatic carbocycles. The second-order valence-electron chi connectivity index (χ2n) is 4.83. The number of carbonyl (C=O) groups excluding carboxylic acids is 1. The summed E-state index contributed by atoms with van der Waals surface area (Å²) in [5.74, 6) is 1.48. The SMILES string of the molecule is CC1SCCCC1NC1CCCCNC1=O. The molecule has 2 fully saturated rings. The summed E-state index contributed by atoms with van der Waals surface area (Å²) < 4.78 is 0. The molecule has 0 aromatic carbocycles. The lowest BCUT2D eigenvalue weighted by Gasteiger charge is -2.32. The van der Waals surface area contributed by atoms with Crippen molar-refractivity contribution in [2.24, 2.45) is 0 Å². The summed E-state index contributed by atoms with van der Waals surface area (Å²) in [5.41, 5.74) is 0. The number of hydrogen-bond acceptors (Lipinski definition) is 3. The van der Waals surface area contributed by atoms with E-state index < -0.39 is 0 Å². The third-order valence-electron chi connectivity index (χ3n) is 3.56. The van der Waals surface area contributed by atoms with Crippen molar-refractivity contribution < 1.29 is 4.79 Å². The summed E-state index contributed by atoms with van der Waals surface area (Å²) in [4.78, 5) is 11.8. The van der Waals surface area contributed by atoms with E-state index in [0.717, 1.165) is 25.8 Å². The van der Waals surface area contributed by atoms with Crippen molar-refractivity contribution in [1.82, 2.24) is 10.6 Å². The molecule has 2 saturated heterocycles. The molecule has 2 N–H and O–H groups in total. The van der Waals surface area contributed by atoms with E-state index in [1.54, 1.807) is 0 Å². The second-order valence-corrected chi connectivity index (χ2v) is 6.32. The van der Waals surface area contributed by atoms with Crippen molar-refractivity contribution in [2.75, 3.05) is 12.3 Å². The summed E-state index contributed by atoms with van der Waals surface area (Å²) in [6, 6.07) is 0.571. The molecule has 0 bridgehead atoms. The maximum Gasteiger partial charge on any atom is 0.237 e. The van der Waals surface area contributed by atoms with Gasteiger partial charge in [0.15, 0.2) is 0 Å². The quantitative estimate of drug-likeness (QED) is 0.771. The number of nitrogens with one attached hydrogen (secondary N) is 2. The summed E-state index contributed by atoms with van der Waals surface area (Å²) in [5, 5.41) is 7.20. The number of hydrogen-bond donors (Lipinski definition) is 2. The van der Waals surface area contributed by atoms with Gasteiger partial charge in [-0.1, -0.05) is 6.92 Å². The Hall–Kier alpha value is -0.220. The molecule has 2 aliphatic heterocycles. The normalized spacial score (nSPS) is 36.6. The number of thioether (sulfide) groups is 1. The Balaban J connectivity index is 1.88. The third kappa shape index (κ3) is 3.14. The van der Waals surface area contributed by atoms with Crippen LogP contribution in [0.2, 0.25) is 0 Å². The van der Waals surface area contributed by atoms with Gasteiger partial charge in [-0.25, -0.2) is 0 Å². The molecule has 2 aliphatic rings. The van der Waals surface area contributed by atoms with E-state index in [4.69, 9.17) is 0 Å². The van der Waals surface area contributed by atoms with Gasteiger partial charge >= 0.3 is 0 Å². The Labute approximate surface area is 102 Å². The minimum Gasteiger partial charge on any atom is -0.355 e. The summed E-state index contributed by atoms with van der Waals surface area (Å²) >= 11 is 2.03. The highest BCUT2D eigenvalue weighted by atomic mass is 32.2. The highest BCUT2D eigenvalue weighted by Gasteiger charge is 2.28. The van der Waals surface area contributed by atoms with Crippen LogP contribution < -0.4 is 10.6 Å². The molecule has 0 radical (unpaired) electrons. The first kappa shape index (κ1) is 12.2. The molecule has 3 atom stereocenters. The fourth-order valence-electron chi connectivity index (χ4n) is 2.50. The molecular formula is C12H22N2OS. The van der Waals surface area contributed by atoms with E-state index in [0.29, 0.717) is 11.3 Å². The summed E-state index contributed by atoms with van der Waals surface area (Å²) in [7, 11) is 0. The molecule has 2 heterocycles. The lowest BCUT2D eigenvalue weighted by molar-refractivity contribution is -0.123. The number of amides is 1. The van der Waals surface area contributed by atoms with Gasteiger partial charge < -0.3 is 10.6 Å². The Morgan fingerprint density at radius 3 is 3.00 bits per heavy atom. The van der Waals surface area contributed by atoms with E-state index in [1.165, 1.54) is 18.6 Å². The minimum absolute atomic E-state index is 0.0497. The molecule has 1 amide bonds. The zero-order chi connectivity index (χ0) is 11.4. The average molecular weight is 242 g/mol. The fourth-order valence-corrected chi connectivity index (χ4v) is 3.65. The van der Waals surface area contributed by atoms with Crippen LogP contribution in [0.5, 0.6) is 0 Å². The number of rotatable bonds is 2. The largest absolute Gasteiger partial charge is 0.355 e. The van der Waals surface area contributed by atoms with Gasteiger partial charge in [-0.15, -0.1) is 0 Å². The molecule has 92 valence electrons. The zero-order valence-corrected chi connectivity index (χ0v) is 10.8. The smallest absolute Gasteiger partial charge is 0.237 e. The van der Waals surface area contributed by atoms with E-state index in [1.807, 2.05) is 11.8 Å². The molecule has 0 saturated carbocycles. The van der Waals surface area contributed by atoms with Gasteiger partial charge in [-0.3, -0.25) is 4.79 Å². The van der Waals surface area contributed by atoms with Crippen LogP contribution in [0.15, 0.2) is 0 Å². The van der Waals surface area contributed by atoms with E-state index in [-0.39, 0.29) is 11.9 Å². The first-order valence-electron chi connectivity index (χ1n) is 6.43. The Morgan fingerprint density at radius 1 is 1.31 bits per heavy atom. The maximum absolute atomic E-state index is 11.8. The second kappa shape index (κ2) is 5.92. The monoisotopic (exact) mass is 242 g/mol. The Kier molecular flexibility index (Phi) is 4.53. The molecule has 0 spiro atoms. The number of carbonyl (C=O) groups is 1. The molecule has 0 aromatic rings. The Bertz CT molecular complexity index is 247. The van der Waals surface area contributed by atoms with Crippen molar-refractivity contribution in [3.05, 3.63) is 0 Å². The molecule has 4 heteroatoms. The van der Waals surface area contributed by atoms with Crippen LogP contribution in [-0.2, 0) is 4.79 Å². The predicted octanol–water partition coefficient (Wildman–Crippen LogP) is 1.53. The highest BCUT2D eigenvalue weighted by molar-refractivity contribution is 7.99. The van der Waals surface area contributed by atoms with Crippen LogP contribution in [0, 0.1) is 0 Å².